The number of rotatable bonds is 8. The van der Waals surface area contributed by atoms with Crippen LogP contribution in [0.5, 0.6) is 5.88 Å². The molecule has 0 saturated heterocycles. The molecule has 0 aliphatic heterocycles. The Morgan fingerprint density at radius 1 is 1.07 bits per heavy atom. The molecular weight excluding hydrogens is 540 g/mol. The molecule has 2 aromatic heterocycles. The molecule has 1 fully saturated rings. The maximum atomic E-state index is 13.8. The van der Waals surface area contributed by atoms with Crippen LogP contribution in [0, 0.1) is 18.8 Å². The molecule has 4 aromatic rings. The van der Waals surface area contributed by atoms with Gasteiger partial charge in [0, 0.05) is 28.6 Å². The van der Waals surface area contributed by atoms with E-state index in [-0.39, 0.29) is 24.2 Å². The average molecular weight is 577 g/mol. The first-order valence-corrected chi connectivity index (χ1v) is 13.8. The maximum absolute atomic E-state index is 13.8. The van der Waals surface area contributed by atoms with Crippen molar-refractivity contribution in [3.8, 4) is 17.0 Å². The van der Waals surface area contributed by atoms with Gasteiger partial charge in [-0.05, 0) is 86.9 Å². The van der Waals surface area contributed by atoms with Crippen molar-refractivity contribution in [2.75, 3.05) is 18.6 Å². The number of pyridine rings is 1. The summed E-state index contributed by atoms with van der Waals surface area (Å²) in [5.41, 5.74) is 17.4. The van der Waals surface area contributed by atoms with Crippen LogP contribution in [-0.2, 0) is 16.0 Å². The zero-order chi connectivity index (χ0) is 28.2. The van der Waals surface area contributed by atoms with Crippen LogP contribution in [0.4, 0.5) is 5.69 Å². The van der Waals surface area contributed by atoms with E-state index in [4.69, 9.17) is 16.2 Å². The number of carbonyl (C=O) groups excluding carboxylic acids is 2. The smallest absolute Gasteiger partial charge is 0.251 e. The van der Waals surface area contributed by atoms with Gasteiger partial charge in [0.15, 0.2) is 0 Å². The second-order valence-corrected chi connectivity index (χ2v) is 10.6. The summed E-state index contributed by atoms with van der Waals surface area (Å²) in [6.07, 6.45) is 5.21. The second kappa shape index (κ2) is 13.2. The molecule has 1 aliphatic carbocycles. The first-order chi connectivity index (χ1) is 19.4. The number of aryl methyl sites for hydroxylation is 1. The minimum Gasteiger partial charge on any atom is -0.481 e. The molecule has 2 amide bonds. The van der Waals surface area contributed by atoms with Crippen LogP contribution in [0.15, 0.2) is 60.8 Å². The second-order valence-electron chi connectivity index (χ2n) is 10.6. The van der Waals surface area contributed by atoms with Crippen LogP contribution in [0.3, 0.4) is 0 Å². The molecule has 0 unspecified atom stereocenters. The van der Waals surface area contributed by atoms with E-state index >= 15 is 0 Å². The number of H-pyrrole nitrogens is 1. The van der Waals surface area contributed by atoms with E-state index in [2.05, 4.69) is 15.2 Å². The van der Waals surface area contributed by atoms with Gasteiger partial charge in [-0.1, -0.05) is 24.3 Å². The number of nitrogens with zero attached hydrogens (tertiary/aromatic N) is 3. The zero-order valence-electron chi connectivity index (χ0n) is 23.4. The van der Waals surface area contributed by atoms with Crippen molar-refractivity contribution in [2.45, 2.75) is 45.1 Å². The van der Waals surface area contributed by atoms with E-state index < -0.39 is 11.9 Å². The number of fused-ring (bicyclic) bond motifs is 1. The minimum absolute atomic E-state index is 0. The highest BCUT2D eigenvalue weighted by molar-refractivity contribution is 6.17. The number of nitrogens with two attached hydrogens (primary N) is 2. The predicted octanol–water partition coefficient (Wildman–Crippen LogP) is 4.56. The van der Waals surface area contributed by atoms with E-state index in [9.17, 15) is 9.59 Å². The molecule has 5 rings (SSSR count). The lowest BCUT2D eigenvalue weighted by Gasteiger charge is -2.32. The van der Waals surface area contributed by atoms with Gasteiger partial charge in [0.25, 0.3) is 5.91 Å². The summed E-state index contributed by atoms with van der Waals surface area (Å²) in [5, 5.41) is 7.90. The number of hydrogen-bond acceptors (Lipinski definition) is 7. The Morgan fingerprint density at radius 2 is 1.80 bits per heavy atom. The monoisotopic (exact) mass is 576 g/mol. The van der Waals surface area contributed by atoms with Gasteiger partial charge in [0.1, 0.15) is 0 Å². The molecule has 0 spiro atoms. The topological polar surface area (TPSA) is 140 Å². The Hall–Kier alpha value is -3.79. The van der Waals surface area contributed by atoms with Crippen molar-refractivity contribution in [3.05, 3.63) is 72.1 Å². The fourth-order valence-corrected chi connectivity index (χ4v) is 5.54. The summed E-state index contributed by atoms with van der Waals surface area (Å²) in [6, 6.07) is 16.3. The summed E-state index contributed by atoms with van der Waals surface area (Å²) in [7, 11) is 1.59. The van der Waals surface area contributed by atoms with Gasteiger partial charge < -0.3 is 16.2 Å². The van der Waals surface area contributed by atoms with Crippen molar-refractivity contribution in [1.82, 2.24) is 15.2 Å². The molecule has 1 aliphatic rings. The van der Waals surface area contributed by atoms with Crippen molar-refractivity contribution < 1.29 is 14.3 Å². The largest absolute Gasteiger partial charge is 0.481 e. The standard InChI is InChI=1S/C31H36N6O3.ClH/c1-19-26(13-14-29(35-19)40-2)22-7-3-20(4-8-22)15-27(33)31(39)37(25-12-11-24-18-34-36-28(24)16-25)30(38)23-9-5-21(17-32)6-10-23;/h3-4,7-8,11-14,16,18,21,23,27H,5-6,9-10,15,17,32-33H2,1-2H3,(H,34,36);1H/t21?,23?,27-;/m0./s1. The lowest BCUT2D eigenvalue weighted by Crippen LogP contribution is -2.50. The number of imide groups is 1. The molecule has 1 saturated carbocycles. The minimum atomic E-state index is -0.892. The molecule has 5 N–H and O–H groups in total. The van der Waals surface area contributed by atoms with Crippen molar-refractivity contribution in [1.29, 1.82) is 0 Å². The van der Waals surface area contributed by atoms with Gasteiger partial charge in [-0.2, -0.15) is 5.10 Å². The maximum Gasteiger partial charge on any atom is 0.251 e. The molecule has 41 heavy (non-hydrogen) atoms. The quantitative estimate of drug-likeness (QED) is 0.279. The van der Waals surface area contributed by atoms with Gasteiger partial charge in [0.05, 0.1) is 30.6 Å². The molecular formula is C31H37ClN6O3. The fourth-order valence-electron chi connectivity index (χ4n) is 5.54. The number of methoxy groups -OCH3 is 1. The normalized spacial score (nSPS) is 17.5. The van der Waals surface area contributed by atoms with Crippen LogP contribution >= 0.6 is 12.4 Å². The summed E-state index contributed by atoms with van der Waals surface area (Å²) < 4.78 is 5.21. The number of anilines is 1. The highest BCUT2D eigenvalue weighted by Crippen LogP contribution is 2.32. The molecule has 10 heteroatoms. The molecule has 216 valence electrons. The number of amides is 2. The molecule has 2 aromatic carbocycles. The lowest BCUT2D eigenvalue weighted by atomic mass is 9.81. The van der Waals surface area contributed by atoms with Crippen LogP contribution in [0.2, 0.25) is 0 Å². The molecule has 0 bridgehead atoms. The number of hydrogen-bond donors (Lipinski definition) is 3. The van der Waals surface area contributed by atoms with Crippen molar-refractivity contribution >= 4 is 40.8 Å². The molecule has 9 nitrogen and oxygen atoms in total. The number of aromatic amines is 1. The van der Waals surface area contributed by atoms with E-state index in [0.29, 0.717) is 43.3 Å². The molecule has 0 radical (unpaired) electrons. The van der Waals surface area contributed by atoms with Crippen molar-refractivity contribution in [2.24, 2.45) is 23.3 Å². The van der Waals surface area contributed by atoms with Gasteiger partial charge in [-0.25, -0.2) is 9.88 Å². The van der Waals surface area contributed by atoms with E-state index in [1.807, 2.05) is 49.4 Å². The first-order valence-electron chi connectivity index (χ1n) is 13.8. The fraction of sp³-hybridized carbons (Fsp3) is 0.355. The Morgan fingerprint density at radius 3 is 2.46 bits per heavy atom. The highest BCUT2D eigenvalue weighted by Gasteiger charge is 2.35. The third kappa shape index (κ3) is 6.59. The number of halogens is 1. The van der Waals surface area contributed by atoms with Crippen LogP contribution in [0.1, 0.15) is 36.9 Å². The van der Waals surface area contributed by atoms with Crippen LogP contribution in [-0.4, -0.2) is 46.7 Å². The molecule has 2 heterocycles. The predicted molar refractivity (Wildman–Crippen MR) is 163 cm³/mol. The van der Waals surface area contributed by atoms with Crippen LogP contribution < -0.4 is 21.1 Å². The van der Waals surface area contributed by atoms with Gasteiger partial charge in [0.2, 0.25) is 11.8 Å². The lowest BCUT2D eigenvalue weighted by molar-refractivity contribution is -0.130. The number of aromatic nitrogens is 3. The molecule has 1 atom stereocenters. The van der Waals surface area contributed by atoms with E-state index in [1.165, 1.54) is 4.90 Å². The number of ether oxygens (including phenoxy) is 1. The number of benzene rings is 2. The summed E-state index contributed by atoms with van der Waals surface area (Å²) >= 11 is 0. The zero-order valence-corrected chi connectivity index (χ0v) is 24.2. The average Bonchev–Trinajstić information content (AvgIpc) is 3.46. The first kappa shape index (κ1) is 30.2. The van der Waals surface area contributed by atoms with Gasteiger partial charge >= 0.3 is 0 Å². The summed E-state index contributed by atoms with van der Waals surface area (Å²) in [6.45, 7) is 2.56. The Balaban J connectivity index is 0.00000387. The van der Waals surface area contributed by atoms with Gasteiger partial charge in [-0.3, -0.25) is 14.7 Å². The highest BCUT2D eigenvalue weighted by atomic mass is 35.5. The van der Waals surface area contributed by atoms with Gasteiger partial charge in [-0.15, -0.1) is 12.4 Å². The Labute approximate surface area is 246 Å². The Bertz CT molecular complexity index is 1500. The summed E-state index contributed by atoms with van der Waals surface area (Å²) in [5.74, 6) is 0.145. The Kier molecular flexibility index (Phi) is 9.75. The number of nitrogens with one attached hydrogen (secondary N) is 1. The van der Waals surface area contributed by atoms with E-state index in [1.54, 1.807) is 25.4 Å². The SMILES string of the molecule is COc1ccc(-c2ccc(C[C@H](N)C(=O)N(C(=O)C3CCC(CN)CC3)c3ccc4cn[nH]c4c3)cc2)c(C)n1.Cl. The van der Waals surface area contributed by atoms with Crippen LogP contribution in [0.25, 0.3) is 22.0 Å². The number of carbonyl (C=O) groups is 2. The third-order valence-electron chi connectivity index (χ3n) is 7.96. The summed E-state index contributed by atoms with van der Waals surface area (Å²) in [4.78, 5) is 33.4. The third-order valence-corrected chi connectivity index (χ3v) is 7.96. The van der Waals surface area contributed by atoms with E-state index in [0.717, 1.165) is 46.1 Å². The van der Waals surface area contributed by atoms with Crippen molar-refractivity contribution in [3.63, 3.8) is 0 Å².